The maximum absolute atomic E-state index is 5.97. The van der Waals surface area contributed by atoms with Gasteiger partial charge in [-0.15, -0.1) is 0 Å². The van der Waals surface area contributed by atoms with Crippen molar-refractivity contribution in [3.63, 3.8) is 0 Å². The number of ether oxygens (including phenoxy) is 1. The van der Waals surface area contributed by atoms with E-state index in [0.29, 0.717) is 12.6 Å². The van der Waals surface area contributed by atoms with Crippen LogP contribution in [-0.2, 0) is 11.3 Å². The molecule has 20 heavy (non-hydrogen) atoms. The van der Waals surface area contributed by atoms with Crippen molar-refractivity contribution in [3.05, 3.63) is 34.9 Å². The molecule has 1 atom stereocenters. The van der Waals surface area contributed by atoms with E-state index in [1.54, 1.807) is 0 Å². The van der Waals surface area contributed by atoms with Gasteiger partial charge in [-0.25, -0.2) is 4.99 Å². The lowest BCUT2D eigenvalue weighted by molar-refractivity contribution is 0.114. The standard InChI is InChI=1S/C15H22ClN3O/c1-2-17-15(19-11-14-7-4-8-20-14)18-10-12-5-3-6-13(16)9-12/h3,5-6,9,14H,2,4,7-8,10-11H2,1H3,(H2,17,18,19). The Morgan fingerprint density at radius 1 is 1.45 bits per heavy atom. The smallest absolute Gasteiger partial charge is 0.191 e. The highest BCUT2D eigenvalue weighted by Gasteiger charge is 2.15. The highest BCUT2D eigenvalue weighted by molar-refractivity contribution is 6.30. The van der Waals surface area contributed by atoms with Crippen LogP contribution in [0.5, 0.6) is 0 Å². The number of benzene rings is 1. The lowest BCUT2D eigenvalue weighted by Gasteiger charge is -2.14. The summed E-state index contributed by atoms with van der Waals surface area (Å²) in [5.41, 5.74) is 1.10. The number of rotatable bonds is 5. The zero-order valence-corrected chi connectivity index (χ0v) is 12.6. The minimum atomic E-state index is 0.310. The second-order valence-electron chi connectivity index (χ2n) is 4.84. The average molecular weight is 296 g/mol. The van der Waals surface area contributed by atoms with Crippen LogP contribution >= 0.6 is 11.6 Å². The molecule has 1 fully saturated rings. The summed E-state index contributed by atoms with van der Waals surface area (Å²) in [6, 6.07) is 7.78. The lowest BCUT2D eigenvalue weighted by Crippen LogP contribution is -2.41. The molecule has 0 aliphatic carbocycles. The Hall–Kier alpha value is -1.26. The fourth-order valence-corrected chi connectivity index (χ4v) is 2.38. The second-order valence-corrected chi connectivity index (χ2v) is 5.28. The second kappa shape index (κ2) is 8.12. The molecular formula is C15H22ClN3O. The zero-order chi connectivity index (χ0) is 14.2. The van der Waals surface area contributed by atoms with E-state index in [9.17, 15) is 0 Å². The maximum Gasteiger partial charge on any atom is 0.191 e. The quantitative estimate of drug-likeness (QED) is 0.648. The van der Waals surface area contributed by atoms with Crippen LogP contribution in [0.1, 0.15) is 25.3 Å². The van der Waals surface area contributed by atoms with E-state index in [2.05, 4.69) is 22.5 Å². The van der Waals surface area contributed by atoms with Gasteiger partial charge >= 0.3 is 0 Å². The molecule has 1 unspecified atom stereocenters. The van der Waals surface area contributed by atoms with Gasteiger partial charge in [-0.05, 0) is 37.5 Å². The molecule has 4 nitrogen and oxygen atoms in total. The largest absolute Gasteiger partial charge is 0.376 e. The van der Waals surface area contributed by atoms with Gasteiger partial charge in [0.1, 0.15) is 0 Å². The molecule has 0 bridgehead atoms. The Balaban J connectivity index is 1.87. The van der Waals surface area contributed by atoms with Gasteiger partial charge in [0.15, 0.2) is 5.96 Å². The molecule has 2 rings (SSSR count). The van der Waals surface area contributed by atoms with E-state index >= 15 is 0 Å². The van der Waals surface area contributed by atoms with Crippen LogP contribution in [0.4, 0.5) is 0 Å². The van der Waals surface area contributed by atoms with Crippen LogP contribution in [0.15, 0.2) is 29.3 Å². The molecule has 0 saturated carbocycles. The number of nitrogens with zero attached hydrogens (tertiary/aromatic N) is 1. The minimum absolute atomic E-state index is 0.310. The van der Waals surface area contributed by atoms with E-state index in [4.69, 9.17) is 16.3 Å². The summed E-state index contributed by atoms with van der Waals surface area (Å²) in [5, 5.41) is 7.32. The highest BCUT2D eigenvalue weighted by Crippen LogP contribution is 2.12. The van der Waals surface area contributed by atoms with Gasteiger partial charge in [0, 0.05) is 24.7 Å². The van der Waals surface area contributed by atoms with E-state index in [0.717, 1.165) is 49.1 Å². The third-order valence-electron chi connectivity index (χ3n) is 3.17. The van der Waals surface area contributed by atoms with E-state index in [-0.39, 0.29) is 0 Å². The van der Waals surface area contributed by atoms with Gasteiger partial charge in [0.25, 0.3) is 0 Å². The van der Waals surface area contributed by atoms with Crippen molar-refractivity contribution < 1.29 is 4.74 Å². The van der Waals surface area contributed by atoms with Crippen molar-refractivity contribution in [2.75, 3.05) is 19.7 Å². The summed E-state index contributed by atoms with van der Waals surface area (Å²) < 4.78 is 5.60. The first kappa shape index (κ1) is 15.1. The molecule has 1 aliphatic heterocycles. The van der Waals surface area contributed by atoms with Crippen LogP contribution < -0.4 is 10.6 Å². The Morgan fingerprint density at radius 2 is 2.35 bits per heavy atom. The number of hydrogen-bond donors (Lipinski definition) is 2. The van der Waals surface area contributed by atoms with Gasteiger partial charge in [-0.2, -0.15) is 0 Å². The highest BCUT2D eigenvalue weighted by atomic mass is 35.5. The van der Waals surface area contributed by atoms with Crippen LogP contribution in [0.25, 0.3) is 0 Å². The van der Waals surface area contributed by atoms with Crippen molar-refractivity contribution in [1.29, 1.82) is 0 Å². The summed E-state index contributed by atoms with van der Waals surface area (Å²) in [6.07, 6.45) is 2.59. The van der Waals surface area contributed by atoms with Gasteiger partial charge in [0.05, 0.1) is 12.6 Å². The predicted molar refractivity (Wildman–Crippen MR) is 83.2 cm³/mol. The van der Waals surface area contributed by atoms with Crippen molar-refractivity contribution in [1.82, 2.24) is 10.6 Å². The maximum atomic E-state index is 5.97. The third kappa shape index (κ3) is 5.02. The van der Waals surface area contributed by atoms with Crippen LogP contribution in [0, 0.1) is 0 Å². The summed E-state index contributed by atoms with van der Waals surface area (Å²) >= 11 is 5.97. The summed E-state index contributed by atoms with van der Waals surface area (Å²) in [5.74, 6) is 0.822. The molecule has 5 heteroatoms. The fourth-order valence-electron chi connectivity index (χ4n) is 2.16. The Kier molecular flexibility index (Phi) is 6.15. The topological polar surface area (TPSA) is 45.7 Å². The Labute approximate surface area is 125 Å². The molecule has 0 amide bonds. The zero-order valence-electron chi connectivity index (χ0n) is 11.9. The molecule has 1 aromatic carbocycles. The molecule has 0 aromatic heterocycles. The Morgan fingerprint density at radius 3 is 3.05 bits per heavy atom. The summed E-state index contributed by atoms with van der Waals surface area (Å²) in [7, 11) is 0. The number of guanidine groups is 1. The monoisotopic (exact) mass is 295 g/mol. The molecule has 1 heterocycles. The number of aliphatic imine (C=N–C) groups is 1. The van der Waals surface area contributed by atoms with Gasteiger partial charge in [-0.1, -0.05) is 23.7 Å². The first-order chi connectivity index (χ1) is 9.78. The number of nitrogens with one attached hydrogen (secondary N) is 2. The molecular weight excluding hydrogens is 274 g/mol. The van der Waals surface area contributed by atoms with Crippen molar-refractivity contribution in [3.8, 4) is 0 Å². The number of hydrogen-bond acceptors (Lipinski definition) is 2. The molecule has 0 spiro atoms. The third-order valence-corrected chi connectivity index (χ3v) is 3.41. The van der Waals surface area contributed by atoms with E-state index < -0.39 is 0 Å². The molecule has 110 valence electrons. The van der Waals surface area contributed by atoms with Crippen molar-refractivity contribution >= 4 is 17.6 Å². The molecule has 1 saturated heterocycles. The van der Waals surface area contributed by atoms with Crippen LogP contribution in [-0.4, -0.2) is 31.8 Å². The van der Waals surface area contributed by atoms with Crippen LogP contribution in [0.3, 0.4) is 0 Å². The van der Waals surface area contributed by atoms with E-state index in [1.165, 1.54) is 0 Å². The minimum Gasteiger partial charge on any atom is -0.376 e. The van der Waals surface area contributed by atoms with Gasteiger partial charge in [0.2, 0.25) is 0 Å². The van der Waals surface area contributed by atoms with Gasteiger partial charge in [-0.3, -0.25) is 0 Å². The Bertz CT molecular complexity index is 444. The lowest BCUT2D eigenvalue weighted by atomic mass is 10.2. The fraction of sp³-hybridized carbons (Fsp3) is 0.533. The van der Waals surface area contributed by atoms with Crippen molar-refractivity contribution in [2.45, 2.75) is 32.4 Å². The van der Waals surface area contributed by atoms with Crippen LogP contribution in [0.2, 0.25) is 5.02 Å². The van der Waals surface area contributed by atoms with E-state index in [1.807, 2.05) is 24.3 Å². The normalized spacial score (nSPS) is 19.1. The first-order valence-corrected chi connectivity index (χ1v) is 7.54. The molecule has 0 radical (unpaired) electrons. The van der Waals surface area contributed by atoms with Crippen molar-refractivity contribution in [2.24, 2.45) is 4.99 Å². The average Bonchev–Trinajstić information content (AvgIpc) is 2.95. The SMILES string of the molecule is CCNC(=NCc1cccc(Cl)c1)NCC1CCCO1. The molecule has 1 aromatic rings. The first-order valence-electron chi connectivity index (χ1n) is 7.16. The van der Waals surface area contributed by atoms with Gasteiger partial charge < -0.3 is 15.4 Å². The molecule has 2 N–H and O–H groups in total. The summed E-state index contributed by atoms with van der Waals surface area (Å²) in [4.78, 5) is 4.57. The predicted octanol–water partition coefficient (Wildman–Crippen LogP) is 2.57. The molecule has 1 aliphatic rings. The number of halogens is 1. The summed E-state index contributed by atoms with van der Waals surface area (Å²) in [6.45, 7) is 5.20.